The zero-order valence-corrected chi connectivity index (χ0v) is 17.4. The van der Waals surface area contributed by atoms with E-state index in [0.717, 1.165) is 18.7 Å². The topological polar surface area (TPSA) is 32.7 Å². The van der Waals surface area contributed by atoms with Crippen LogP contribution in [-0.2, 0) is 23.3 Å². The molecule has 1 fully saturated rings. The quantitative estimate of drug-likeness (QED) is 0.615. The first kappa shape index (κ1) is 21.0. The molecule has 1 aliphatic heterocycles. The van der Waals surface area contributed by atoms with Crippen LogP contribution in [0.4, 0.5) is 4.39 Å². The number of halogens is 2. The first-order valence-corrected chi connectivity index (χ1v) is 10.5. The van der Waals surface area contributed by atoms with Crippen molar-refractivity contribution in [1.82, 2.24) is 4.90 Å². The van der Waals surface area contributed by atoms with Gasteiger partial charge in [0.05, 0.1) is 6.61 Å². The molecule has 30 heavy (non-hydrogen) atoms. The predicted octanol–water partition coefficient (Wildman–Crippen LogP) is 4.81. The largest absolute Gasteiger partial charge is 0.382 e. The Kier molecular flexibility index (Phi) is 6.49. The Morgan fingerprint density at radius 2 is 1.80 bits per heavy atom. The molecule has 0 amide bonds. The van der Waals surface area contributed by atoms with Crippen molar-refractivity contribution in [2.45, 2.75) is 24.7 Å². The van der Waals surface area contributed by atoms with Crippen LogP contribution in [0.3, 0.4) is 0 Å². The summed E-state index contributed by atoms with van der Waals surface area (Å²) in [6, 6.07) is 23.8. The molecule has 0 aromatic heterocycles. The van der Waals surface area contributed by atoms with Gasteiger partial charge in [-0.3, -0.25) is 4.90 Å². The number of benzene rings is 3. The van der Waals surface area contributed by atoms with E-state index in [0.29, 0.717) is 23.7 Å². The summed E-state index contributed by atoms with van der Waals surface area (Å²) in [5, 5.41) is 12.5. The lowest BCUT2D eigenvalue weighted by Gasteiger charge is -2.42. The molecule has 5 heteroatoms. The minimum absolute atomic E-state index is 0.236. The van der Waals surface area contributed by atoms with Gasteiger partial charge in [-0.25, -0.2) is 4.39 Å². The van der Waals surface area contributed by atoms with Crippen LogP contribution in [0.5, 0.6) is 0 Å². The Balaban J connectivity index is 1.64. The Labute approximate surface area is 181 Å². The molecule has 3 nitrogen and oxygen atoms in total. The second kappa shape index (κ2) is 9.27. The maximum absolute atomic E-state index is 14.1. The van der Waals surface area contributed by atoms with Gasteiger partial charge in [-0.2, -0.15) is 0 Å². The lowest BCUT2D eigenvalue weighted by atomic mass is 9.81. The highest BCUT2D eigenvalue weighted by Gasteiger charge is 2.42. The third kappa shape index (κ3) is 4.73. The van der Waals surface area contributed by atoms with E-state index in [1.807, 2.05) is 36.4 Å². The Hall–Kier alpha value is -2.24. The molecule has 156 valence electrons. The zero-order chi connectivity index (χ0) is 21.0. The van der Waals surface area contributed by atoms with E-state index < -0.39 is 11.7 Å². The standard InChI is InChI=1S/C25H25ClFNO2/c26-23-12-5-4-9-20(23)16-25(29,21-10-6-11-22(27)15-21)24-18-28(13-14-30-24)17-19-7-2-1-3-8-19/h1-12,15,24,29H,13-14,16-18H2/t24?,25-/m1/s1. The zero-order valence-electron chi connectivity index (χ0n) is 16.7. The van der Waals surface area contributed by atoms with Crippen molar-refractivity contribution in [3.8, 4) is 0 Å². The minimum atomic E-state index is -1.41. The van der Waals surface area contributed by atoms with Crippen molar-refractivity contribution in [1.29, 1.82) is 0 Å². The average molecular weight is 426 g/mol. The summed E-state index contributed by atoms with van der Waals surface area (Å²) in [7, 11) is 0. The maximum Gasteiger partial charge on any atom is 0.123 e. The molecule has 1 heterocycles. The molecule has 0 aliphatic carbocycles. The first-order valence-electron chi connectivity index (χ1n) is 10.1. The van der Waals surface area contributed by atoms with Crippen LogP contribution in [-0.4, -0.2) is 35.8 Å². The third-order valence-corrected chi connectivity index (χ3v) is 6.04. The summed E-state index contributed by atoms with van der Waals surface area (Å²) >= 11 is 6.39. The molecule has 1 aliphatic rings. The molecule has 1 saturated heterocycles. The first-order chi connectivity index (χ1) is 14.5. The van der Waals surface area contributed by atoms with E-state index in [2.05, 4.69) is 17.0 Å². The number of morpholine rings is 1. The monoisotopic (exact) mass is 425 g/mol. The lowest BCUT2D eigenvalue weighted by molar-refractivity contribution is -0.149. The van der Waals surface area contributed by atoms with Gasteiger partial charge in [0, 0.05) is 31.1 Å². The predicted molar refractivity (Wildman–Crippen MR) is 117 cm³/mol. The highest BCUT2D eigenvalue weighted by Crippen LogP contribution is 2.35. The summed E-state index contributed by atoms with van der Waals surface area (Å²) in [6.45, 7) is 2.58. The fraction of sp³-hybridized carbons (Fsp3) is 0.280. The summed E-state index contributed by atoms with van der Waals surface area (Å²) in [5.41, 5.74) is 1.09. The molecule has 1 N–H and O–H groups in total. The number of ether oxygens (including phenoxy) is 1. The fourth-order valence-corrected chi connectivity index (χ4v) is 4.27. The molecule has 0 bridgehead atoms. The van der Waals surface area contributed by atoms with Gasteiger partial charge < -0.3 is 9.84 Å². The number of rotatable bonds is 6. The Morgan fingerprint density at radius 3 is 2.57 bits per heavy atom. The molecule has 3 aromatic rings. The molecule has 2 atom stereocenters. The second-order valence-corrected chi connectivity index (χ2v) is 8.19. The van der Waals surface area contributed by atoms with E-state index in [1.54, 1.807) is 18.2 Å². The maximum atomic E-state index is 14.1. The van der Waals surface area contributed by atoms with E-state index in [4.69, 9.17) is 16.3 Å². The van der Waals surface area contributed by atoms with Gasteiger partial charge in [0.1, 0.15) is 17.5 Å². The summed E-state index contributed by atoms with van der Waals surface area (Å²) < 4.78 is 20.1. The molecule has 1 unspecified atom stereocenters. The van der Waals surface area contributed by atoms with Crippen LogP contribution in [0.25, 0.3) is 0 Å². The molecular formula is C25H25ClFNO2. The van der Waals surface area contributed by atoms with Crippen molar-refractivity contribution in [2.75, 3.05) is 19.7 Å². The van der Waals surface area contributed by atoms with E-state index >= 15 is 0 Å². The molecular weight excluding hydrogens is 401 g/mol. The number of hydrogen-bond donors (Lipinski definition) is 1. The van der Waals surface area contributed by atoms with Gasteiger partial charge in [-0.1, -0.05) is 72.3 Å². The molecule has 0 spiro atoms. The van der Waals surface area contributed by atoms with Crippen molar-refractivity contribution < 1.29 is 14.2 Å². The van der Waals surface area contributed by atoms with E-state index in [1.165, 1.54) is 17.7 Å². The van der Waals surface area contributed by atoms with Crippen LogP contribution in [0.2, 0.25) is 5.02 Å². The van der Waals surface area contributed by atoms with Gasteiger partial charge in [0.2, 0.25) is 0 Å². The highest BCUT2D eigenvalue weighted by molar-refractivity contribution is 6.31. The van der Waals surface area contributed by atoms with E-state index in [9.17, 15) is 9.50 Å². The smallest absolute Gasteiger partial charge is 0.123 e. The van der Waals surface area contributed by atoms with Crippen LogP contribution < -0.4 is 0 Å². The summed E-state index contributed by atoms with van der Waals surface area (Å²) in [4.78, 5) is 2.26. The molecule has 3 aromatic carbocycles. The summed E-state index contributed by atoms with van der Waals surface area (Å²) in [6.07, 6.45) is -0.284. The van der Waals surface area contributed by atoms with Gasteiger partial charge in [-0.05, 0) is 34.9 Å². The number of nitrogens with zero attached hydrogens (tertiary/aromatic N) is 1. The Morgan fingerprint density at radius 1 is 1.03 bits per heavy atom. The fourth-order valence-electron chi connectivity index (χ4n) is 4.07. The summed E-state index contributed by atoms with van der Waals surface area (Å²) in [5.74, 6) is -0.387. The van der Waals surface area contributed by atoms with Crippen LogP contribution in [0.15, 0.2) is 78.9 Å². The molecule has 4 rings (SSSR count). The van der Waals surface area contributed by atoms with Crippen molar-refractivity contribution >= 4 is 11.6 Å². The van der Waals surface area contributed by atoms with Crippen molar-refractivity contribution in [3.63, 3.8) is 0 Å². The Bertz CT molecular complexity index is 984. The number of hydrogen-bond acceptors (Lipinski definition) is 3. The second-order valence-electron chi connectivity index (χ2n) is 7.78. The van der Waals surface area contributed by atoms with E-state index in [-0.39, 0.29) is 12.2 Å². The lowest BCUT2D eigenvalue weighted by Crippen LogP contribution is -2.53. The van der Waals surface area contributed by atoms with Crippen molar-refractivity contribution in [2.24, 2.45) is 0 Å². The van der Waals surface area contributed by atoms with Gasteiger partial charge >= 0.3 is 0 Å². The SMILES string of the molecule is O[C@](Cc1ccccc1Cl)(c1cccc(F)c1)C1CN(Cc2ccccc2)CCO1. The molecule has 0 saturated carbocycles. The van der Waals surface area contributed by atoms with Gasteiger partial charge in [-0.15, -0.1) is 0 Å². The van der Waals surface area contributed by atoms with Gasteiger partial charge in [0.15, 0.2) is 0 Å². The minimum Gasteiger partial charge on any atom is -0.382 e. The molecule has 0 radical (unpaired) electrons. The number of aliphatic hydroxyl groups is 1. The average Bonchev–Trinajstić information content (AvgIpc) is 2.76. The van der Waals surface area contributed by atoms with Crippen LogP contribution in [0, 0.1) is 5.82 Å². The van der Waals surface area contributed by atoms with Crippen LogP contribution >= 0.6 is 11.6 Å². The van der Waals surface area contributed by atoms with Gasteiger partial charge in [0.25, 0.3) is 0 Å². The van der Waals surface area contributed by atoms with Crippen molar-refractivity contribution in [3.05, 3.63) is 106 Å². The normalized spacial score (nSPS) is 19.4. The highest BCUT2D eigenvalue weighted by atomic mass is 35.5. The van der Waals surface area contributed by atoms with Crippen LogP contribution in [0.1, 0.15) is 16.7 Å². The third-order valence-electron chi connectivity index (χ3n) is 5.67.